The molecule has 4 nitrogen and oxygen atoms in total. The van der Waals surface area contributed by atoms with Gasteiger partial charge < -0.3 is 10.0 Å². The zero-order valence-electron chi connectivity index (χ0n) is 13.4. The first kappa shape index (κ1) is 14.5. The highest BCUT2D eigenvalue weighted by molar-refractivity contribution is 5.81. The molecule has 22 heavy (non-hydrogen) atoms. The molecule has 1 N–H and O–H groups in total. The Balaban J connectivity index is 1.50. The first-order valence-corrected chi connectivity index (χ1v) is 9.02. The van der Waals surface area contributed by atoms with Crippen LogP contribution in [0.1, 0.15) is 45.4 Å². The average Bonchev–Trinajstić information content (AvgIpc) is 2.45. The molecule has 0 aromatic heterocycles. The van der Waals surface area contributed by atoms with Gasteiger partial charge in [-0.05, 0) is 68.1 Å². The molecule has 0 aromatic carbocycles. The van der Waals surface area contributed by atoms with Crippen molar-refractivity contribution in [1.82, 2.24) is 4.90 Å². The Morgan fingerprint density at radius 2 is 1.50 bits per heavy atom. The van der Waals surface area contributed by atoms with E-state index in [2.05, 4.69) is 6.92 Å². The van der Waals surface area contributed by atoms with Crippen LogP contribution in [-0.4, -0.2) is 35.0 Å². The third-order valence-corrected chi connectivity index (χ3v) is 6.83. The molecule has 2 unspecified atom stereocenters. The van der Waals surface area contributed by atoms with Gasteiger partial charge in [0.05, 0.1) is 5.92 Å². The molecular weight excluding hydrogens is 278 g/mol. The summed E-state index contributed by atoms with van der Waals surface area (Å²) in [5.41, 5.74) is 0. The molecular formula is C18H27NO3. The second-order valence-electron chi connectivity index (χ2n) is 8.58. The minimum absolute atomic E-state index is 0.201. The van der Waals surface area contributed by atoms with Crippen LogP contribution in [0.2, 0.25) is 0 Å². The lowest BCUT2D eigenvalue weighted by atomic mass is 9.51. The molecule has 0 spiro atoms. The number of nitrogens with zero attached hydrogens (tertiary/aromatic N) is 1. The molecule has 4 heteroatoms. The Kier molecular flexibility index (Phi) is 3.46. The number of aliphatic carboxylic acids is 1. The Hall–Kier alpha value is -1.06. The maximum Gasteiger partial charge on any atom is 0.308 e. The maximum atomic E-state index is 13.1. The fourth-order valence-corrected chi connectivity index (χ4v) is 6.25. The van der Waals surface area contributed by atoms with Crippen molar-refractivity contribution in [2.24, 2.45) is 41.4 Å². The monoisotopic (exact) mass is 305 g/mol. The highest BCUT2D eigenvalue weighted by Gasteiger charge is 2.52. The molecule has 122 valence electrons. The number of carbonyl (C=O) groups is 2. The second-order valence-corrected chi connectivity index (χ2v) is 8.58. The van der Waals surface area contributed by atoms with Crippen LogP contribution in [0.3, 0.4) is 0 Å². The number of carboxylic acid groups (broad SMARTS) is 1. The molecule has 1 aliphatic heterocycles. The predicted octanol–water partition coefficient (Wildman–Crippen LogP) is 2.63. The molecule has 5 aliphatic rings. The minimum atomic E-state index is -0.741. The van der Waals surface area contributed by atoms with E-state index >= 15 is 0 Å². The first-order chi connectivity index (χ1) is 10.5. The van der Waals surface area contributed by atoms with Gasteiger partial charge in [0.2, 0.25) is 5.91 Å². The van der Waals surface area contributed by atoms with Crippen molar-refractivity contribution in [3.63, 3.8) is 0 Å². The van der Waals surface area contributed by atoms with E-state index in [0.29, 0.717) is 30.7 Å². The van der Waals surface area contributed by atoms with Crippen molar-refractivity contribution < 1.29 is 14.7 Å². The lowest BCUT2D eigenvalue weighted by molar-refractivity contribution is -0.155. The van der Waals surface area contributed by atoms with Crippen LogP contribution >= 0.6 is 0 Å². The van der Waals surface area contributed by atoms with Crippen LogP contribution in [0.25, 0.3) is 0 Å². The van der Waals surface area contributed by atoms with Crippen molar-refractivity contribution >= 4 is 11.9 Å². The zero-order chi connectivity index (χ0) is 15.4. The van der Waals surface area contributed by atoms with Crippen molar-refractivity contribution in [2.75, 3.05) is 13.1 Å². The zero-order valence-corrected chi connectivity index (χ0v) is 13.4. The number of hydrogen-bond acceptors (Lipinski definition) is 2. The fourth-order valence-electron chi connectivity index (χ4n) is 6.25. The summed E-state index contributed by atoms with van der Waals surface area (Å²) in [5, 5.41) is 9.33. The summed E-state index contributed by atoms with van der Waals surface area (Å²) in [5.74, 6) is 2.60. The van der Waals surface area contributed by atoms with Crippen molar-refractivity contribution in [2.45, 2.75) is 45.4 Å². The number of hydrogen-bond donors (Lipinski definition) is 1. The molecule has 1 saturated heterocycles. The van der Waals surface area contributed by atoms with Gasteiger partial charge in [0, 0.05) is 19.0 Å². The Bertz CT molecular complexity index is 461. The van der Waals surface area contributed by atoms with Gasteiger partial charge in [-0.3, -0.25) is 9.59 Å². The van der Waals surface area contributed by atoms with Gasteiger partial charge in [-0.2, -0.15) is 0 Å². The fraction of sp³-hybridized carbons (Fsp3) is 0.889. The van der Waals surface area contributed by atoms with Gasteiger partial charge in [0.25, 0.3) is 0 Å². The number of carboxylic acids is 1. The van der Waals surface area contributed by atoms with Gasteiger partial charge >= 0.3 is 5.97 Å². The Morgan fingerprint density at radius 1 is 0.909 bits per heavy atom. The topological polar surface area (TPSA) is 57.6 Å². The van der Waals surface area contributed by atoms with Gasteiger partial charge in [-0.15, -0.1) is 0 Å². The van der Waals surface area contributed by atoms with Crippen molar-refractivity contribution in [1.29, 1.82) is 0 Å². The lowest BCUT2D eigenvalue weighted by Crippen LogP contribution is -2.55. The van der Waals surface area contributed by atoms with Crippen LogP contribution in [0.5, 0.6) is 0 Å². The molecule has 4 saturated carbocycles. The molecule has 0 aromatic rings. The van der Waals surface area contributed by atoms with E-state index in [1.54, 1.807) is 0 Å². The van der Waals surface area contributed by atoms with Crippen LogP contribution in [0.4, 0.5) is 0 Å². The summed E-state index contributed by atoms with van der Waals surface area (Å²) in [6.07, 6.45) is 7.09. The Labute approximate surface area is 132 Å². The standard InChI is InChI=1S/C18H27NO3/c1-10-2-15(18(21)22)9-19(8-10)17(20)16-13-4-11-3-12(6-13)7-14(16)5-11/h10-16H,2-9H2,1H3,(H,21,22). The summed E-state index contributed by atoms with van der Waals surface area (Å²) >= 11 is 0. The number of rotatable bonds is 2. The highest BCUT2D eigenvalue weighted by atomic mass is 16.4. The quantitative estimate of drug-likeness (QED) is 0.853. The Morgan fingerprint density at radius 3 is 2.05 bits per heavy atom. The molecule has 1 amide bonds. The number of piperidine rings is 1. The normalized spacial score (nSPS) is 46.8. The van der Waals surface area contributed by atoms with E-state index in [4.69, 9.17) is 0 Å². The summed E-state index contributed by atoms with van der Waals surface area (Å²) in [6.45, 7) is 3.26. The highest BCUT2D eigenvalue weighted by Crippen LogP contribution is 2.57. The lowest BCUT2D eigenvalue weighted by Gasteiger charge is -2.54. The van der Waals surface area contributed by atoms with E-state index < -0.39 is 5.97 Å². The first-order valence-electron chi connectivity index (χ1n) is 9.02. The maximum absolute atomic E-state index is 13.1. The van der Waals surface area contributed by atoms with Crippen LogP contribution in [0, 0.1) is 41.4 Å². The summed E-state index contributed by atoms with van der Waals surface area (Å²) in [7, 11) is 0. The number of amides is 1. The molecule has 1 heterocycles. The third-order valence-electron chi connectivity index (χ3n) is 6.83. The predicted molar refractivity (Wildman–Crippen MR) is 82.0 cm³/mol. The minimum Gasteiger partial charge on any atom is -0.481 e. The average molecular weight is 305 g/mol. The number of carbonyl (C=O) groups excluding carboxylic acids is 1. The van der Waals surface area contributed by atoms with Crippen LogP contribution in [-0.2, 0) is 9.59 Å². The van der Waals surface area contributed by atoms with E-state index in [9.17, 15) is 14.7 Å². The van der Waals surface area contributed by atoms with E-state index in [-0.39, 0.29) is 17.7 Å². The molecule has 4 bridgehead atoms. The summed E-state index contributed by atoms with van der Waals surface area (Å²) in [4.78, 5) is 26.4. The van der Waals surface area contributed by atoms with E-state index in [1.807, 2.05) is 4.90 Å². The van der Waals surface area contributed by atoms with Crippen molar-refractivity contribution in [3.8, 4) is 0 Å². The van der Waals surface area contributed by atoms with Gasteiger partial charge in [0.1, 0.15) is 0 Å². The largest absolute Gasteiger partial charge is 0.481 e. The van der Waals surface area contributed by atoms with Crippen LogP contribution in [0.15, 0.2) is 0 Å². The summed E-state index contributed by atoms with van der Waals surface area (Å²) < 4.78 is 0. The second kappa shape index (κ2) is 5.24. The van der Waals surface area contributed by atoms with E-state index in [1.165, 1.54) is 32.1 Å². The molecule has 4 aliphatic carbocycles. The number of likely N-dealkylation sites (tertiary alicyclic amines) is 1. The summed E-state index contributed by atoms with van der Waals surface area (Å²) in [6, 6.07) is 0. The molecule has 5 fully saturated rings. The van der Waals surface area contributed by atoms with E-state index in [0.717, 1.165) is 18.4 Å². The SMILES string of the molecule is CC1CC(C(=O)O)CN(C(=O)C2C3CC4CC(C3)CC2C4)C1. The van der Waals surface area contributed by atoms with Gasteiger partial charge in [-0.1, -0.05) is 6.92 Å². The molecule has 2 atom stereocenters. The molecule has 5 rings (SSSR count). The molecule has 0 radical (unpaired) electrons. The smallest absolute Gasteiger partial charge is 0.308 e. The van der Waals surface area contributed by atoms with Gasteiger partial charge in [0.15, 0.2) is 0 Å². The van der Waals surface area contributed by atoms with Crippen LogP contribution < -0.4 is 0 Å². The van der Waals surface area contributed by atoms with Crippen molar-refractivity contribution in [3.05, 3.63) is 0 Å². The van der Waals surface area contributed by atoms with Gasteiger partial charge in [-0.25, -0.2) is 0 Å². The third kappa shape index (κ3) is 2.35.